The van der Waals surface area contributed by atoms with Crippen molar-refractivity contribution < 1.29 is 8.78 Å². The average molecular weight is 220 g/mol. The van der Waals surface area contributed by atoms with Gasteiger partial charge >= 0.3 is 5.92 Å². The molecule has 0 amide bonds. The first kappa shape index (κ1) is 10.7. The number of hydrogen-bond acceptors (Lipinski definition) is 2. The van der Waals surface area contributed by atoms with Gasteiger partial charge in [0, 0.05) is 0 Å². The van der Waals surface area contributed by atoms with E-state index in [1.807, 2.05) is 0 Å². The molecule has 1 heterocycles. The molecule has 0 atom stereocenters. The molecule has 2 nitrogen and oxygen atoms in total. The molecule has 16 heavy (non-hydrogen) atoms. The van der Waals surface area contributed by atoms with Crippen LogP contribution in [0.15, 0.2) is 36.9 Å². The van der Waals surface area contributed by atoms with Crippen molar-refractivity contribution in [2.45, 2.75) is 12.8 Å². The van der Waals surface area contributed by atoms with Gasteiger partial charge in [-0.1, -0.05) is 18.7 Å². The first-order chi connectivity index (χ1) is 7.54. The van der Waals surface area contributed by atoms with Gasteiger partial charge in [0.15, 0.2) is 0 Å². The molecule has 0 unspecified atom stereocenters. The Morgan fingerprint density at radius 2 is 1.75 bits per heavy atom. The second kappa shape index (κ2) is 3.63. The van der Waals surface area contributed by atoms with Crippen LogP contribution in [0, 0.1) is 6.92 Å². The zero-order valence-electron chi connectivity index (χ0n) is 8.74. The number of nitrogens with zero attached hydrogens (tertiary/aromatic N) is 2. The molecule has 82 valence electrons. The molecule has 2 aromatic rings. The van der Waals surface area contributed by atoms with Crippen molar-refractivity contribution in [1.29, 1.82) is 0 Å². The van der Waals surface area contributed by atoms with Crippen LogP contribution >= 0.6 is 0 Å². The summed E-state index contributed by atoms with van der Waals surface area (Å²) in [5, 5.41) is 0. The van der Waals surface area contributed by atoms with E-state index >= 15 is 0 Å². The van der Waals surface area contributed by atoms with Crippen LogP contribution in [-0.4, -0.2) is 9.97 Å². The minimum absolute atomic E-state index is 0.226. The van der Waals surface area contributed by atoms with Crippen LogP contribution in [0.5, 0.6) is 0 Å². The molecule has 0 N–H and O–H groups in total. The number of aromatic nitrogens is 2. The maximum atomic E-state index is 13.5. The van der Waals surface area contributed by atoms with Gasteiger partial charge in [0.05, 0.1) is 16.7 Å². The number of para-hydroxylation sites is 2. The van der Waals surface area contributed by atoms with Crippen LogP contribution in [-0.2, 0) is 5.92 Å². The van der Waals surface area contributed by atoms with Crippen LogP contribution in [0.4, 0.5) is 8.78 Å². The van der Waals surface area contributed by atoms with E-state index in [1.165, 1.54) is 6.92 Å². The van der Waals surface area contributed by atoms with Gasteiger partial charge in [-0.25, -0.2) is 9.97 Å². The minimum Gasteiger partial charge on any atom is -0.249 e. The number of benzene rings is 1. The third-order valence-corrected chi connectivity index (χ3v) is 2.32. The molecule has 0 saturated carbocycles. The summed E-state index contributed by atoms with van der Waals surface area (Å²) in [5.41, 5.74) is 0.970. The van der Waals surface area contributed by atoms with Crippen LogP contribution in [0.2, 0.25) is 0 Å². The van der Waals surface area contributed by atoms with Gasteiger partial charge in [0.2, 0.25) is 0 Å². The van der Waals surface area contributed by atoms with Gasteiger partial charge in [-0.15, -0.1) is 0 Å². The van der Waals surface area contributed by atoms with Gasteiger partial charge < -0.3 is 0 Å². The lowest BCUT2D eigenvalue weighted by molar-refractivity contribution is 0.0468. The van der Waals surface area contributed by atoms with Crippen LogP contribution in [0.3, 0.4) is 0 Å². The van der Waals surface area contributed by atoms with E-state index < -0.39 is 5.92 Å². The van der Waals surface area contributed by atoms with E-state index in [4.69, 9.17) is 0 Å². The molecule has 0 fully saturated rings. The molecule has 0 aliphatic rings. The number of fused-ring (bicyclic) bond motifs is 1. The number of alkyl halides is 2. The van der Waals surface area contributed by atoms with Gasteiger partial charge in [0.1, 0.15) is 5.69 Å². The Morgan fingerprint density at radius 1 is 1.19 bits per heavy atom. The minimum atomic E-state index is -3.14. The van der Waals surface area contributed by atoms with Crippen LogP contribution in [0.1, 0.15) is 11.4 Å². The maximum absolute atomic E-state index is 13.5. The highest BCUT2D eigenvalue weighted by Crippen LogP contribution is 2.30. The Labute approximate surface area is 91.7 Å². The standard InChI is InChI=1S/C12H10F2N2/c1-3-12(13,14)11-8(2)15-9-6-4-5-7-10(9)16-11/h3-7H,1H2,2H3. The molecule has 0 bridgehead atoms. The van der Waals surface area contributed by atoms with Gasteiger partial charge in [0.25, 0.3) is 0 Å². The summed E-state index contributed by atoms with van der Waals surface area (Å²) in [7, 11) is 0. The lowest BCUT2D eigenvalue weighted by Crippen LogP contribution is -2.14. The van der Waals surface area contributed by atoms with Gasteiger partial charge in [-0.2, -0.15) is 8.78 Å². The largest absolute Gasteiger partial charge is 0.309 e. The van der Waals surface area contributed by atoms with E-state index in [9.17, 15) is 8.78 Å². The Morgan fingerprint density at radius 3 is 2.31 bits per heavy atom. The van der Waals surface area contributed by atoms with Crippen LogP contribution in [0.25, 0.3) is 11.0 Å². The fourth-order valence-corrected chi connectivity index (χ4v) is 1.50. The van der Waals surface area contributed by atoms with Crippen molar-refractivity contribution in [3.05, 3.63) is 48.3 Å². The molecule has 0 radical (unpaired) electrons. The smallest absolute Gasteiger partial charge is 0.249 e. The Hall–Kier alpha value is -1.84. The molecule has 2 rings (SSSR count). The van der Waals surface area contributed by atoms with E-state index in [-0.39, 0.29) is 11.4 Å². The highest BCUT2D eigenvalue weighted by Gasteiger charge is 2.31. The fraction of sp³-hybridized carbons (Fsp3) is 0.167. The van der Waals surface area contributed by atoms with Crippen molar-refractivity contribution in [3.8, 4) is 0 Å². The normalized spacial score (nSPS) is 11.7. The molecule has 4 heteroatoms. The highest BCUT2D eigenvalue weighted by molar-refractivity contribution is 5.74. The Balaban J connectivity index is 2.72. The molecule has 0 aliphatic heterocycles. The number of allylic oxidation sites excluding steroid dienone is 1. The summed E-state index contributed by atoms with van der Waals surface area (Å²) in [6.07, 6.45) is 0.582. The van der Waals surface area contributed by atoms with E-state index in [2.05, 4.69) is 16.5 Å². The van der Waals surface area contributed by atoms with E-state index in [0.29, 0.717) is 17.1 Å². The summed E-state index contributed by atoms with van der Waals surface area (Å²) >= 11 is 0. The molecular formula is C12H10F2N2. The average Bonchev–Trinajstić information content (AvgIpc) is 2.28. The third-order valence-electron chi connectivity index (χ3n) is 2.32. The molecule has 0 spiro atoms. The summed E-state index contributed by atoms with van der Waals surface area (Å²) in [6, 6.07) is 6.93. The molecule has 1 aromatic carbocycles. The summed E-state index contributed by atoms with van der Waals surface area (Å²) < 4.78 is 26.9. The number of halogens is 2. The topological polar surface area (TPSA) is 25.8 Å². The maximum Gasteiger partial charge on any atom is 0.309 e. The Kier molecular flexibility index (Phi) is 2.42. The third kappa shape index (κ3) is 1.66. The molecule has 0 aliphatic carbocycles. The second-order valence-corrected chi connectivity index (χ2v) is 3.47. The van der Waals surface area contributed by atoms with E-state index in [1.54, 1.807) is 24.3 Å². The molecule has 0 saturated heterocycles. The molecular weight excluding hydrogens is 210 g/mol. The predicted molar refractivity (Wildman–Crippen MR) is 58.4 cm³/mol. The van der Waals surface area contributed by atoms with Gasteiger partial charge in [-0.3, -0.25) is 0 Å². The molecule has 1 aromatic heterocycles. The summed E-state index contributed by atoms with van der Waals surface area (Å²) in [4.78, 5) is 8.03. The van der Waals surface area contributed by atoms with E-state index in [0.717, 1.165) is 0 Å². The quantitative estimate of drug-likeness (QED) is 0.726. The lowest BCUT2D eigenvalue weighted by atomic mass is 10.1. The summed E-state index contributed by atoms with van der Waals surface area (Å²) in [6.45, 7) is 4.63. The monoisotopic (exact) mass is 220 g/mol. The van der Waals surface area contributed by atoms with Gasteiger partial charge in [-0.05, 0) is 25.1 Å². The zero-order chi connectivity index (χ0) is 11.8. The highest BCUT2D eigenvalue weighted by atomic mass is 19.3. The SMILES string of the molecule is C=CC(F)(F)c1nc2ccccc2nc1C. The lowest BCUT2D eigenvalue weighted by Gasteiger charge is -2.13. The second-order valence-electron chi connectivity index (χ2n) is 3.47. The fourth-order valence-electron chi connectivity index (χ4n) is 1.50. The number of rotatable bonds is 2. The Bertz CT molecular complexity index is 550. The van der Waals surface area contributed by atoms with Crippen molar-refractivity contribution in [1.82, 2.24) is 9.97 Å². The van der Waals surface area contributed by atoms with Crippen molar-refractivity contribution >= 4 is 11.0 Å². The first-order valence-corrected chi connectivity index (χ1v) is 4.80. The summed E-state index contributed by atoms with van der Waals surface area (Å²) in [5.74, 6) is -3.14. The number of hydrogen-bond donors (Lipinski definition) is 0. The van der Waals surface area contributed by atoms with Crippen LogP contribution < -0.4 is 0 Å². The van der Waals surface area contributed by atoms with Crippen molar-refractivity contribution in [2.24, 2.45) is 0 Å². The predicted octanol–water partition coefficient (Wildman–Crippen LogP) is 3.22. The van der Waals surface area contributed by atoms with Crippen molar-refractivity contribution in [3.63, 3.8) is 0 Å². The zero-order valence-corrected chi connectivity index (χ0v) is 8.74. The van der Waals surface area contributed by atoms with Crippen molar-refractivity contribution in [2.75, 3.05) is 0 Å². The first-order valence-electron chi connectivity index (χ1n) is 4.80. The number of aryl methyl sites for hydroxylation is 1.